The molecule has 2 aliphatic rings. The second-order valence-corrected chi connectivity index (χ2v) is 12.2. The Morgan fingerprint density at radius 3 is 2.26 bits per heavy atom. The highest BCUT2D eigenvalue weighted by atomic mass is 32.2. The summed E-state index contributed by atoms with van der Waals surface area (Å²) in [5.41, 5.74) is 0.932. The van der Waals surface area contributed by atoms with Gasteiger partial charge in [0, 0.05) is 13.2 Å². The van der Waals surface area contributed by atoms with Crippen molar-refractivity contribution in [1.82, 2.24) is 0 Å². The molecule has 0 saturated carbocycles. The first-order valence-corrected chi connectivity index (χ1v) is 15.4. The van der Waals surface area contributed by atoms with Gasteiger partial charge in [0.1, 0.15) is 24.4 Å². The number of aliphatic hydroxyl groups excluding tert-OH is 1. The molecule has 0 radical (unpaired) electrons. The van der Waals surface area contributed by atoms with Crippen molar-refractivity contribution in [2.45, 2.75) is 120 Å². The van der Waals surface area contributed by atoms with Crippen LogP contribution in [0.2, 0.25) is 0 Å². The Morgan fingerprint density at radius 2 is 1.55 bits per heavy atom. The van der Waals surface area contributed by atoms with E-state index in [1.165, 1.54) is 50.7 Å². The number of ether oxygens (including phenoxy) is 5. The quantitative estimate of drug-likeness (QED) is 0.206. The molecule has 2 heterocycles. The molecule has 9 nitrogen and oxygen atoms in total. The van der Waals surface area contributed by atoms with Crippen LogP contribution in [0.1, 0.15) is 77.7 Å². The third kappa shape index (κ3) is 9.52. The molecule has 2 fully saturated rings. The third-order valence-electron chi connectivity index (χ3n) is 6.74. The molecular weight excluding hydrogens is 512 g/mol. The molecule has 0 bridgehead atoms. The molecule has 0 unspecified atom stereocenters. The molecule has 5 atom stereocenters. The van der Waals surface area contributed by atoms with Gasteiger partial charge in [-0.1, -0.05) is 63.1 Å². The van der Waals surface area contributed by atoms with Gasteiger partial charge in [0.05, 0.1) is 18.1 Å². The zero-order valence-electron chi connectivity index (χ0n) is 23.3. The minimum Gasteiger partial charge on any atom is -0.388 e. The minimum absolute atomic E-state index is 0.0255. The zero-order valence-corrected chi connectivity index (χ0v) is 24.1. The average molecular weight is 559 g/mol. The van der Waals surface area contributed by atoms with Gasteiger partial charge in [-0.15, -0.1) is 0 Å². The van der Waals surface area contributed by atoms with E-state index in [4.69, 9.17) is 27.9 Å². The van der Waals surface area contributed by atoms with E-state index >= 15 is 0 Å². The van der Waals surface area contributed by atoms with Crippen LogP contribution in [0, 0.1) is 6.92 Å². The maximum Gasteiger partial charge on any atom is 0.297 e. The predicted octanol–water partition coefficient (Wildman–Crippen LogP) is 4.48. The Kier molecular flexibility index (Phi) is 12.4. The fraction of sp³-hybridized carbons (Fsp3) is 0.786. The minimum atomic E-state index is -4.03. The van der Waals surface area contributed by atoms with Gasteiger partial charge in [-0.2, -0.15) is 8.42 Å². The first-order valence-electron chi connectivity index (χ1n) is 14.0. The van der Waals surface area contributed by atoms with Gasteiger partial charge >= 0.3 is 0 Å². The van der Waals surface area contributed by atoms with Crippen LogP contribution in [0.15, 0.2) is 29.2 Å². The van der Waals surface area contributed by atoms with Crippen LogP contribution in [0.5, 0.6) is 0 Å². The lowest BCUT2D eigenvalue weighted by Crippen LogP contribution is -2.41. The molecule has 1 N–H and O–H groups in total. The van der Waals surface area contributed by atoms with Crippen LogP contribution < -0.4 is 0 Å². The molecule has 0 aromatic heterocycles. The number of hydrogen-bond donors (Lipinski definition) is 1. The Balaban J connectivity index is 1.40. The standard InChI is InChI=1S/C28H46O9S/c1-5-6-7-8-9-10-11-17-32-18-12-19-33-27-26-25(36-28(3,4)37-26)24(35-27)23(29)20-34-38(30,31)22-15-13-21(2)14-16-22/h13-16,23-27,29H,5-12,17-20H2,1-4H3/t23-,24-,25+,26+,27+/m1/s1. The molecule has 2 aliphatic heterocycles. The molecule has 3 rings (SSSR count). The summed E-state index contributed by atoms with van der Waals surface area (Å²) < 4.78 is 59.7. The summed E-state index contributed by atoms with van der Waals surface area (Å²) in [5.74, 6) is -0.882. The molecule has 2 saturated heterocycles. The average Bonchev–Trinajstić information content (AvgIpc) is 3.36. The lowest BCUT2D eigenvalue weighted by atomic mass is 10.1. The molecule has 1 aromatic carbocycles. The van der Waals surface area contributed by atoms with Crippen molar-refractivity contribution in [2.75, 3.05) is 26.4 Å². The van der Waals surface area contributed by atoms with Crippen LogP contribution in [0.3, 0.4) is 0 Å². The van der Waals surface area contributed by atoms with Gasteiger partial charge in [-0.05, 0) is 45.7 Å². The number of rotatable bonds is 18. The third-order valence-corrected chi connectivity index (χ3v) is 8.03. The summed E-state index contributed by atoms with van der Waals surface area (Å²) in [6.07, 6.45) is 5.40. The van der Waals surface area contributed by atoms with Gasteiger partial charge in [-0.3, -0.25) is 4.18 Å². The van der Waals surface area contributed by atoms with Gasteiger partial charge < -0.3 is 28.8 Å². The highest BCUT2D eigenvalue weighted by Gasteiger charge is 2.57. The van der Waals surface area contributed by atoms with Gasteiger partial charge in [0.15, 0.2) is 12.1 Å². The van der Waals surface area contributed by atoms with Crippen molar-refractivity contribution in [2.24, 2.45) is 0 Å². The predicted molar refractivity (Wildman–Crippen MR) is 142 cm³/mol. The Morgan fingerprint density at radius 1 is 0.921 bits per heavy atom. The molecule has 38 heavy (non-hydrogen) atoms. The first-order chi connectivity index (χ1) is 18.1. The van der Waals surface area contributed by atoms with Crippen LogP contribution in [0.4, 0.5) is 0 Å². The second-order valence-electron chi connectivity index (χ2n) is 10.6. The highest BCUT2D eigenvalue weighted by Crippen LogP contribution is 2.40. The highest BCUT2D eigenvalue weighted by molar-refractivity contribution is 7.86. The van der Waals surface area contributed by atoms with Crippen molar-refractivity contribution >= 4 is 10.1 Å². The summed E-state index contributed by atoms with van der Waals surface area (Å²) in [6, 6.07) is 6.31. The molecule has 0 spiro atoms. The van der Waals surface area contributed by atoms with Crippen LogP contribution >= 0.6 is 0 Å². The number of unbranched alkanes of at least 4 members (excludes halogenated alkanes) is 6. The normalized spacial score (nSPS) is 25.5. The van der Waals surface area contributed by atoms with E-state index in [0.29, 0.717) is 19.6 Å². The number of benzene rings is 1. The zero-order chi connectivity index (χ0) is 27.6. The fourth-order valence-corrected chi connectivity index (χ4v) is 5.61. The summed E-state index contributed by atoms with van der Waals surface area (Å²) in [5, 5.41) is 10.8. The van der Waals surface area contributed by atoms with E-state index in [0.717, 1.165) is 18.6 Å². The molecule has 1 aromatic rings. The topological polar surface area (TPSA) is 110 Å². The van der Waals surface area contributed by atoms with Gasteiger partial charge in [0.25, 0.3) is 10.1 Å². The van der Waals surface area contributed by atoms with Gasteiger partial charge in [-0.25, -0.2) is 0 Å². The van der Waals surface area contributed by atoms with E-state index in [1.54, 1.807) is 26.0 Å². The van der Waals surface area contributed by atoms with Crippen molar-refractivity contribution < 1.29 is 41.4 Å². The first kappa shape index (κ1) is 31.4. The fourth-order valence-electron chi connectivity index (χ4n) is 4.69. The Bertz CT molecular complexity index is 919. The van der Waals surface area contributed by atoms with E-state index in [1.807, 2.05) is 6.92 Å². The number of aryl methyl sites for hydroxylation is 1. The van der Waals surface area contributed by atoms with Crippen molar-refractivity contribution in [3.8, 4) is 0 Å². The Labute approximate surface area is 228 Å². The molecule has 10 heteroatoms. The van der Waals surface area contributed by atoms with E-state index in [9.17, 15) is 13.5 Å². The van der Waals surface area contributed by atoms with Crippen molar-refractivity contribution in [1.29, 1.82) is 0 Å². The maximum absolute atomic E-state index is 12.5. The smallest absolute Gasteiger partial charge is 0.297 e. The molecular formula is C28H46O9S. The van der Waals surface area contributed by atoms with Crippen LogP contribution in [-0.2, 0) is 38.0 Å². The number of aliphatic hydroxyl groups is 1. The van der Waals surface area contributed by atoms with Crippen molar-refractivity contribution in [3.63, 3.8) is 0 Å². The lowest BCUT2D eigenvalue weighted by Gasteiger charge is -2.26. The summed E-state index contributed by atoms with van der Waals surface area (Å²) in [7, 11) is -4.03. The Hall–Kier alpha value is -1.11. The monoisotopic (exact) mass is 558 g/mol. The largest absolute Gasteiger partial charge is 0.388 e. The van der Waals surface area contributed by atoms with E-state index < -0.39 is 53.2 Å². The molecule has 218 valence electrons. The SMILES string of the molecule is CCCCCCCCCOCCCO[C@H]1O[C@H]([C@H](O)COS(=O)(=O)c2ccc(C)cc2)[C@@H]2OC(C)(C)O[C@H]12. The van der Waals surface area contributed by atoms with Crippen molar-refractivity contribution in [3.05, 3.63) is 29.8 Å². The molecule has 0 aliphatic carbocycles. The molecule has 0 amide bonds. The second kappa shape index (κ2) is 15.0. The van der Waals surface area contributed by atoms with E-state index in [2.05, 4.69) is 6.92 Å². The van der Waals surface area contributed by atoms with E-state index in [-0.39, 0.29) is 4.90 Å². The number of hydrogen-bond acceptors (Lipinski definition) is 9. The van der Waals surface area contributed by atoms with Gasteiger partial charge in [0.2, 0.25) is 0 Å². The summed E-state index contributed by atoms with van der Waals surface area (Å²) in [6.45, 7) is 8.92. The van der Waals surface area contributed by atoms with Crippen LogP contribution in [-0.4, -0.2) is 76.4 Å². The van der Waals surface area contributed by atoms with Crippen LogP contribution in [0.25, 0.3) is 0 Å². The number of fused-ring (bicyclic) bond motifs is 1. The lowest BCUT2D eigenvalue weighted by molar-refractivity contribution is -0.244. The maximum atomic E-state index is 12.5. The summed E-state index contributed by atoms with van der Waals surface area (Å²) in [4.78, 5) is 0.0255. The summed E-state index contributed by atoms with van der Waals surface area (Å²) >= 11 is 0.